The lowest BCUT2D eigenvalue weighted by molar-refractivity contribution is 0.0616. The molecule has 96 valence electrons. The van der Waals surface area contributed by atoms with Crippen molar-refractivity contribution in [3.63, 3.8) is 0 Å². The third-order valence-corrected chi connectivity index (χ3v) is 3.59. The SMILES string of the molecule is Oc1cccc(CC2=NC3CC(O)CCC3O2)c1. The molecule has 1 aliphatic heterocycles. The standard InChI is InChI=1S/C14H17NO3/c16-10-3-1-2-9(6-10)7-14-15-12-8-11(17)4-5-13(12)18-14/h1-3,6,11-13,16-17H,4-5,7-8H2. The zero-order chi connectivity index (χ0) is 12.5. The van der Waals surface area contributed by atoms with E-state index in [1.807, 2.05) is 12.1 Å². The van der Waals surface area contributed by atoms with Crippen molar-refractivity contribution >= 4 is 5.90 Å². The van der Waals surface area contributed by atoms with Crippen LogP contribution in [0.3, 0.4) is 0 Å². The first-order valence-electron chi connectivity index (χ1n) is 6.40. The molecular formula is C14H17NO3. The van der Waals surface area contributed by atoms with E-state index in [4.69, 9.17) is 4.74 Å². The Hall–Kier alpha value is -1.55. The molecule has 1 aromatic carbocycles. The van der Waals surface area contributed by atoms with Crippen LogP contribution in [-0.4, -0.2) is 34.4 Å². The number of hydrogen-bond donors (Lipinski definition) is 2. The zero-order valence-corrected chi connectivity index (χ0v) is 10.1. The molecule has 1 aliphatic carbocycles. The van der Waals surface area contributed by atoms with Gasteiger partial charge in [0.25, 0.3) is 0 Å². The second-order valence-electron chi connectivity index (χ2n) is 5.06. The molecule has 0 saturated heterocycles. The van der Waals surface area contributed by atoms with E-state index in [2.05, 4.69) is 4.99 Å². The third kappa shape index (κ3) is 2.34. The van der Waals surface area contributed by atoms with Crippen molar-refractivity contribution in [3.05, 3.63) is 29.8 Å². The van der Waals surface area contributed by atoms with Crippen LogP contribution >= 0.6 is 0 Å². The van der Waals surface area contributed by atoms with Gasteiger partial charge in [-0.1, -0.05) is 12.1 Å². The van der Waals surface area contributed by atoms with Crippen molar-refractivity contribution in [3.8, 4) is 5.75 Å². The van der Waals surface area contributed by atoms with Gasteiger partial charge in [-0.2, -0.15) is 0 Å². The van der Waals surface area contributed by atoms with E-state index in [-0.39, 0.29) is 24.0 Å². The minimum atomic E-state index is -0.237. The van der Waals surface area contributed by atoms with Crippen LogP contribution in [0.25, 0.3) is 0 Å². The smallest absolute Gasteiger partial charge is 0.188 e. The van der Waals surface area contributed by atoms with Crippen LogP contribution in [0.1, 0.15) is 24.8 Å². The van der Waals surface area contributed by atoms with Gasteiger partial charge in [0.1, 0.15) is 11.9 Å². The number of phenolic OH excluding ortho intramolecular Hbond substituents is 1. The van der Waals surface area contributed by atoms with Crippen molar-refractivity contribution < 1.29 is 14.9 Å². The topological polar surface area (TPSA) is 62.1 Å². The highest BCUT2D eigenvalue weighted by molar-refractivity contribution is 5.80. The molecule has 4 heteroatoms. The maximum Gasteiger partial charge on any atom is 0.188 e. The Morgan fingerprint density at radius 2 is 2.22 bits per heavy atom. The number of aliphatic hydroxyl groups is 1. The Bertz CT molecular complexity index is 472. The number of ether oxygens (including phenoxy) is 1. The maximum atomic E-state index is 9.61. The minimum absolute atomic E-state index is 0.112. The quantitative estimate of drug-likeness (QED) is 0.835. The van der Waals surface area contributed by atoms with Gasteiger partial charge in [-0.3, -0.25) is 0 Å². The number of aromatic hydroxyl groups is 1. The Morgan fingerprint density at radius 1 is 1.33 bits per heavy atom. The normalized spacial score (nSPS) is 30.5. The molecule has 0 aromatic heterocycles. The molecule has 1 aromatic rings. The summed E-state index contributed by atoms with van der Waals surface area (Å²) in [7, 11) is 0. The lowest BCUT2D eigenvalue weighted by Gasteiger charge is -2.26. The van der Waals surface area contributed by atoms with E-state index in [1.54, 1.807) is 12.1 Å². The fraction of sp³-hybridized carbons (Fsp3) is 0.500. The first-order valence-corrected chi connectivity index (χ1v) is 6.40. The Morgan fingerprint density at radius 3 is 3.06 bits per heavy atom. The molecule has 0 amide bonds. The summed E-state index contributed by atoms with van der Waals surface area (Å²) in [6, 6.07) is 7.25. The van der Waals surface area contributed by atoms with Gasteiger partial charge in [-0.15, -0.1) is 0 Å². The lowest BCUT2D eigenvalue weighted by atomic mass is 9.91. The highest BCUT2D eigenvalue weighted by Gasteiger charge is 2.36. The molecule has 0 radical (unpaired) electrons. The fourth-order valence-electron chi connectivity index (χ4n) is 2.69. The van der Waals surface area contributed by atoms with Crippen LogP contribution < -0.4 is 0 Å². The van der Waals surface area contributed by atoms with Crippen LogP contribution in [0.5, 0.6) is 5.75 Å². The van der Waals surface area contributed by atoms with Gasteiger partial charge in [0, 0.05) is 6.42 Å². The van der Waals surface area contributed by atoms with Crippen molar-refractivity contribution in [2.24, 2.45) is 4.99 Å². The van der Waals surface area contributed by atoms with Gasteiger partial charge in [0.2, 0.25) is 0 Å². The average molecular weight is 247 g/mol. The number of phenols is 1. The van der Waals surface area contributed by atoms with E-state index < -0.39 is 0 Å². The minimum Gasteiger partial charge on any atom is -0.508 e. The monoisotopic (exact) mass is 247 g/mol. The van der Waals surface area contributed by atoms with E-state index in [9.17, 15) is 10.2 Å². The van der Waals surface area contributed by atoms with Crippen LogP contribution in [-0.2, 0) is 11.2 Å². The van der Waals surface area contributed by atoms with Crippen LogP contribution in [0, 0.1) is 0 Å². The summed E-state index contributed by atoms with van der Waals surface area (Å²) < 4.78 is 5.81. The molecule has 3 rings (SSSR count). The lowest BCUT2D eigenvalue weighted by Crippen LogP contribution is -2.33. The number of benzene rings is 1. The maximum absolute atomic E-state index is 9.61. The van der Waals surface area contributed by atoms with Crippen LogP contribution in [0.4, 0.5) is 0 Å². The van der Waals surface area contributed by atoms with E-state index in [1.165, 1.54) is 0 Å². The van der Waals surface area contributed by atoms with E-state index in [0.29, 0.717) is 12.8 Å². The van der Waals surface area contributed by atoms with E-state index >= 15 is 0 Å². The van der Waals surface area contributed by atoms with E-state index in [0.717, 1.165) is 24.3 Å². The van der Waals surface area contributed by atoms with Crippen LogP contribution in [0.2, 0.25) is 0 Å². The highest BCUT2D eigenvalue weighted by atomic mass is 16.5. The molecule has 1 fully saturated rings. The van der Waals surface area contributed by atoms with Gasteiger partial charge in [0.15, 0.2) is 5.90 Å². The number of fused-ring (bicyclic) bond motifs is 1. The number of hydrogen-bond acceptors (Lipinski definition) is 4. The summed E-state index contributed by atoms with van der Waals surface area (Å²) in [4.78, 5) is 4.54. The molecule has 0 spiro atoms. The third-order valence-electron chi connectivity index (χ3n) is 3.59. The number of nitrogens with zero attached hydrogens (tertiary/aromatic N) is 1. The van der Waals surface area contributed by atoms with Gasteiger partial charge in [-0.05, 0) is 37.0 Å². The molecule has 4 nitrogen and oxygen atoms in total. The number of rotatable bonds is 2. The summed E-state index contributed by atoms with van der Waals surface area (Å²) in [5.41, 5.74) is 0.993. The largest absolute Gasteiger partial charge is 0.508 e. The van der Waals surface area contributed by atoms with Crippen molar-refractivity contribution in [1.29, 1.82) is 0 Å². The first-order chi connectivity index (χ1) is 8.70. The predicted octanol–water partition coefficient (Wildman–Crippen LogP) is 1.65. The summed E-state index contributed by atoms with van der Waals surface area (Å²) >= 11 is 0. The molecule has 0 bridgehead atoms. The molecule has 1 heterocycles. The summed E-state index contributed by atoms with van der Waals surface area (Å²) in [5.74, 6) is 0.989. The number of aliphatic hydroxyl groups excluding tert-OH is 1. The Kier molecular flexibility index (Phi) is 2.96. The zero-order valence-electron chi connectivity index (χ0n) is 10.1. The molecule has 2 aliphatic rings. The van der Waals surface area contributed by atoms with Crippen molar-refractivity contribution in [2.45, 2.75) is 43.9 Å². The molecule has 3 atom stereocenters. The summed E-state index contributed by atoms with van der Waals surface area (Å²) in [6.07, 6.45) is 2.89. The second-order valence-corrected chi connectivity index (χ2v) is 5.06. The first kappa shape index (κ1) is 11.5. The van der Waals surface area contributed by atoms with Gasteiger partial charge in [0.05, 0.1) is 12.1 Å². The summed E-state index contributed by atoms with van der Waals surface area (Å²) in [6.45, 7) is 0. The average Bonchev–Trinajstić information content (AvgIpc) is 2.70. The van der Waals surface area contributed by atoms with Crippen molar-refractivity contribution in [2.75, 3.05) is 0 Å². The molecular weight excluding hydrogens is 230 g/mol. The number of aliphatic imine (C=N–C) groups is 1. The van der Waals surface area contributed by atoms with Gasteiger partial charge < -0.3 is 14.9 Å². The van der Waals surface area contributed by atoms with Gasteiger partial charge >= 0.3 is 0 Å². The van der Waals surface area contributed by atoms with Crippen molar-refractivity contribution in [1.82, 2.24) is 0 Å². The summed E-state index contributed by atoms with van der Waals surface area (Å²) in [5, 5.41) is 19.0. The molecule has 18 heavy (non-hydrogen) atoms. The Balaban J connectivity index is 1.69. The molecule has 1 saturated carbocycles. The molecule has 2 N–H and O–H groups in total. The fourth-order valence-corrected chi connectivity index (χ4v) is 2.69. The second kappa shape index (κ2) is 4.61. The van der Waals surface area contributed by atoms with Crippen LogP contribution in [0.15, 0.2) is 29.3 Å². The molecule has 3 unspecified atom stereocenters. The van der Waals surface area contributed by atoms with Gasteiger partial charge in [-0.25, -0.2) is 4.99 Å². The predicted molar refractivity (Wildman–Crippen MR) is 67.8 cm³/mol. The Labute approximate surface area is 106 Å². The highest BCUT2D eigenvalue weighted by Crippen LogP contribution is 2.29.